The maximum Gasteiger partial charge on any atom is 0.227 e. The lowest BCUT2D eigenvalue weighted by Crippen LogP contribution is -2.47. The maximum atomic E-state index is 10.4. The molecular formula is C22H19Cl3N2O4. The van der Waals surface area contributed by atoms with Crippen LogP contribution in [0.1, 0.15) is 17.5 Å². The summed E-state index contributed by atoms with van der Waals surface area (Å²) in [6.45, 7) is 0.361. The molecule has 0 amide bonds. The second kappa shape index (κ2) is 8.28. The molecule has 2 aromatic carbocycles. The highest BCUT2D eigenvalue weighted by Crippen LogP contribution is 2.33. The molecule has 4 atom stereocenters. The Balaban J connectivity index is 1.53. The molecule has 5 rings (SSSR count). The number of hydrogen-bond donors (Lipinski definition) is 2. The van der Waals surface area contributed by atoms with Crippen LogP contribution in [0.4, 0.5) is 0 Å². The number of hydrogen-bond acceptors (Lipinski definition) is 5. The zero-order chi connectivity index (χ0) is 21.7. The molecule has 9 heteroatoms. The van der Waals surface area contributed by atoms with Crippen LogP contribution in [-0.2, 0) is 16.0 Å². The third kappa shape index (κ3) is 3.93. The molecule has 3 heterocycles. The molecule has 1 saturated heterocycles. The number of aromatic nitrogens is 1. The van der Waals surface area contributed by atoms with Crippen LogP contribution < -0.4 is 0 Å². The van der Waals surface area contributed by atoms with Crippen molar-refractivity contribution in [2.45, 2.75) is 37.5 Å². The van der Waals surface area contributed by atoms with Crippen LogP contribution in [0.2, 0.25) is 15.1 Å². The van der Waals surface area contributed by atoms with Crippen LogP contribution in [0.5, 0.6) is 0 Å². The van der Waals surface area contributed by atoms with E-state index < -0.39 is 24.5 Å². The van der Waals surface area contributed by atoms with Crippen molar-refractivity contribution >= 4 is 51.6 Å². The average Bonchev–Trinajstić information content (AvgIpc) is 3.32. The van der Waals surface area contributed by atoms with Crippen molar-refractivity contribution in [1.82, 2.24) is 4.57 Å². The van der Waals surface area contributed by atoms with Crippen molar-refractivity contribution in [2.75, 3.05) is 6.61 Å². The second-order valence-corrected chi connectivity index (χ2v) is 8.99. The summed E-state index contributed by atoms with van der Waals surface area (Å²) in [6, 6.07) is 10.6. The van der Waals surface area contributed by atoms with Gasteiger partial charge in [-0.1, -0.05) is 46.9 Å². The Hall–Kier alpha value is -1.80. The lowest BCUT2D eigenvalue weighted by molar-refractivity contribution is -0.189. The molecule has 2 unspecified atom stereocenters. The third-order valence-corrected chi connectivity index (χ3v) is 6.59. The zero-order valence-corrected chi connectivity index (χ0v) is 18.5. The predicted molar refractivity (Wildman–Crippen MR) is 120 cm³/mol. The fourth-order valence-electron chi connectivity index (χ4n) is 4.09. The van der Waals surface area contributed by atoms with Crippen LogP contribution in [0.3, 0.4) is 0 Å². The molecular weight excluding hydrogens is 463 g/mol. The first-order valence-corrected chi connectivity index (χ1v) is 11.0. The largest absolute Gasteiger partial charge is 0.445 e. The number of nitrogens with zero attached hydrogens (tertiary/aromatic N) is 2. The molecule has 2 aliphatic rings. The molecule has 162 valence electrons. The topological polar surface area (TPSA) is 76.2 Å². The summed E-state index contributed by atoms with van der Waals surface area (Å²) in [7, 11) is 0. The Morgan fingerprint density at radius 2 is 1.94 bits per heavy atom. The Bertz CT molecular complexity index is 1180. The highest BCUT2D eigenvalue weighted by Gasteiger charge is 2.44. The molecule has 31 heavy (non-hydrogen) atoms. The van der Waals surface area contributed by atoms with Crippen molar-refractivity contribution < 1.29 is 19.7 Å². The number of ether oxygens (including phenoxy) is 2. The number of halogens is 3. The van der Waals surface area contributed by atoms with Gasteiger partial charge in [0.05, 0.1) is 39.9 Å². The van der Waals surface area contributed by atoms with E-state index in [1.807, 2.05) is 41.1 Å². The van der Waals surface area contributed by atoms with Crippen molar-refractivity contribution in [3.63, 3.8) is 0 Å². The van der Waals surface area contributed by atoms with Crippen LogP contribution in [0.25, 0.3) is 10.9 Å². The summed E-state index contributed by atoms with van der Waals surface area (Å²) in [5.74, 6) is 0.396. The van der Waals surface area contributed by atoms with Gasteiger partial charge in [0.2, 0.25) is 12.2 Å². The van der Waals surface area contributed by atoms with Gasteiger partial charge in [0, 0.05) is 29.6 Å². The van der Waals surface area contributed by atoms with Crippen molar-refractivity contribution in [3.05, 3.63) is 68.8 Å². The molecule has 0 saturated carbocycles. The maximum absolute atomic E-state index is 10.4. The number of benzene rings is 2. The number of aliphatic hydroxyl groups excluding tert-OH is 2. The van der Waals surface area contributed by atoms with Gasteiger partial charge >= 0.3 is 0 Å². The van der Waals surface area contributed by atoms with E-state index in [0.717, 1.165) is 22.0 Å². The molecule has 6 nitrogen and oxygen atoms in total. The predicted octanol–water partition coefficient (Wildman–Crippen LogP) is 4.26. The first-order valence-electron chi connectivity index (χ1n) is 9.84. The number of aliphatic imine (C=N–C) groups is 1. The molecule has 0 radical (unpaired) electrons. The minimum Gasteiger partial charge on any atom is -0.445 e. The SMILES string of the molecule is OCC1CC(O)[C@H]2N=C(c3cn(Cc4ccc(Cl)c(Cl)c4)c4cc(Cl)ccc34)O[C@H]2O1. The summed E-state index contributed by atoms with van der Waals surface area (Å²) >= 11 is 18.5. The fourth-order valence-corrected chi connectivity index (χ4v) is 4.57. The molecule has 2 aliphatic heterocycles. The van der Waals surface area contributed by atoms with E-state index in [0.29, 0.717) is 33.9 Å². The summed E-state index contributed by atoms with van der Waals surface area (Å²) in [4.78, 5) is 4.60. The Kier molecular flexibility index (Phi) is 5.63. The van der Waals surface area contributed by atoms with Gasteiger partial charge in [-0.3, -0.25) is 0 Å². The average molecular weight is 482 g/mol. The highest BCUT2D eigenvalue weighted by molar-refractivity contribution is 6.42. The van der Waals surface area contributed by atoms with Crippen LogP contribution in [-0.4, -0.2) is 51.8 Å². The lowest BCUT2D eigenvalue weighted by atomic mass is 10.0. The number of aliphatic hydroxyl groups is 2. The van der Waals surface area contributed by atoms with Gasteiger partial charge < -0.3 is 24.3 Å². The molecule has 2 N–H and O–H groups in total. The summed E-state index contributed by atoms with van der Waals surface area (Å²) in [5.41, 5.74) is 2.66. The van der Waals surface area contributed by atoms with Crippen LogP contribution in [0.15, 0.2) is 47.6 Å². The minimum atomic E-state index is -0.743. The van der Waals surface area contributed by atoms with Gasteiger partial charge in [-0.2, -0.15) is 0 Å². The molecule has 1 aromatic heterocycles. The second-order valence-electron chi connectivity index (χ2n) is 7.74. The number of fused-ring (bicyclic) bond motifs is 2. The van der Waals surface area contributed by atoms with Gasteiger partial charge in [0.1, 0.15) is 6.04 Å². The normalized spacial score (nSPS) is 25.4. The van der Waals surface area contributed by atoms with E-state index in [9.17, 15) is 10.2 Å². The highest BCUT2D eigenvalue weighted by atomic mass is 35.5. The summed E-state index contributed by atoms with van der Waals surface area (Å²) in [5, 5.41) is 22.3. The van der Waals surface area contributed by atoms with Gasteiger partial charge in [-0.25, -0.2) is 4.99 Å². The molecule has 1 fully saturated rings. The Labute approximate surface area is 193 Å². The van der Waals surface area contributed by atoms with Gasteiger partial charge in [-0.05, 0) is 29.8 Å². The van der Waals surface area contributed by atoms with E-state index in [4.69, 9.17) is 44.3 Å². The Morgan fingerprint density at radius 3 is 2.71 bits per heavy atom. The number of rotatable bonds is 4. The van der Waals surface area contributed by atoms with Crippen molar-refractivity contribution in [1.29, 1.82) is 0 Å². The first-order chi connectivity index (χ1) is 14.9. The van der Waals surface area contributed by atoms with E-state index >= 15 is 0 Å². The first kappa shape index (κ1) is 21.1. The zero-order valence-electron chi connectivity index (χ0n) is 16.2. The van der Waals surface area contributed by atoms with Gasteiger partial charge in [0.25, 0.3) is 0 Å². The molecule has 0 bridgehead atoms. The van der Waals surface area contributed by atoms with Gasteiger partial charge in [-0.15, -0.1) is 0 Å². The van der Waals surface area contributed by atoms with E-state index in [2.05, 4.69) is 4.99 Å². The minimum absolute atomic E-state index is 0.180. The van der Waals surface area contributed by atoms with Crippen molar-refractivity contribution in [3.8, 4) is 0 Å². The third-order valence-electron chi connectivity index (χ3n) is 5.61. The van der Waals surface area contributed by atoms with Crippen LogP contribution in [0, 0.1) is 0 Å². The molecule has 3 aromatic rings. The molecule has 0 aliphatic carbocycles. The smallest absolute Gasteiger partial charge is 0.227 e. The lowest BCUT2D eigenvalue weighted by Gasteiger charge is -2.32. The van der Waals surface area contributed by atoms with Crippen LogP contribution >= 0.6 is 34.8 Å². The van der Waals surface area contributed by atoms with E-state index in [-0.39, 0.29) is 6.61 Å². The standard InChI is InChI=1S/C22H19Cl3N2O4/c23-12-2-3-14-15(21-26-20-19(29)7-13(10-28)30-22(20)31-21)9-27(18(14)6-12)8-11-1-4-16(24)17(25)5-11/h1-6,9,13,19-20,22,28-29H,7-8,10H2/t13?,19?,20-,22-/m1/s1. The molecule has 0 spiro atoms. The fraction of sp³-hybridized carbons (Fsp3) is 0.318. The van der Waals surface area contributed by atoms with Crippen molar-refractivity contribution in [2.24, 2.45) is 4.99 Å². The van der Waals surface area contributed by atoms with Gasteiger partial charge in [0.15, 0.2) is 0 Å². The quantitative estimate of drug-likeness (QED) is 0.584. The van der Waals surface area contributed by atoms with E-state index in [1.54, 1.807) is 6.07 Å². The van der Waals surface area contributed by atoms with E-state index in [1.165, 1.54) is 0 Å². The summed E-state index contributed by atoms with van der Waals surface area (Å²) < 4.78 is 13.7. The Morgan fingerprint density at radius 1 is 1.10 bits per heavy atom. The monoisotopic (exact) mass is 480 g/mol. The summed E-state index contributed by atoms with van der Waals surface area (Å²) in [6.07, 6.45) is 0.312.